The zero-order valence-corrected chi connectivity index (χ0v) is 13.8. The van der Waals surface area contributed by atoms with Crippen LogP contribution in [-0.2, 0) is 4.79 Å². The lowest BCUT2D eigenvalue weighted by atomic mass is 10.2. The van der Waals surface area contributed by atoms with E-state index in [1.54, 1.807) is 30.3 Å². The normalized spacial score (nSPS) is 9.96. The number of esters is 1. The smallest absolute Gasteiger partial charge is 0.330 e. The molecule has 2 aromatic carbocycles. The Morgan fingerprint density at radius 2 is 1.62 bits per heavy atom. The van der Waals surface area contributed by atoms with E-state index in [2.05, 4.69) is 5.32 Å². The third-order valence-electron chi connectivity index (χ3n) is 3.29. The molecule has 0 atom stereocenters. The van der Waals surface area contributed by atoms with Crippen LogP contribution in [0.2, 0.25) is 0 Å². The van der Waals surface area contributed by atoms with Crippen LogP contribution in [0.15, 0.2) is 42.5 Å². The van der Waals surface area contributed by atoms with Crippen molar-refractivity contribution in [2.24, 2.45) is 0 Å². The Labute approximate surface area is 140 Å². The lowest BCUT2D eigenvalue weighted by molar-refractivity contribution is -0.133. The van der Waals surface area contributed by atoms with Gasteiger partial charge in [-0.2, -0.15) is 0 Å². The minimum atomic E-state index is -0.548. The number of aryl methyl sites for hydroxylation is 1. The van der Waals surface area contributed by atoms with Crippen molar-refractivity contribution in [3.63, 3.8) is 0 Å². The maximum absolute atomic E-state index is 12.1. The van der Waals surface area contributed by atoms with Crippen molar-refractivity contribution < 1.29 is 23.8 Å². The summed E-state index contributed by atoms with van der Waals surface area (Å²) >= 11 is 0. The molecule has 0 radical (unpaired) electrons. The summed E-state index contributed by atoms with van der Waals surface area (Å²) in [7, 11) is 3.00. The Balaban J connectivity index is 1.92. The summed E-state index contributed by atoms with van der Waals surface area (Å²) in [4.78, 5) is 23.9. The van der Waals surface area contributed by atoms with E-state index in [-0.39, 0.29) is 6.54 Å². The van der Waals surface area contributed by atoms with E-state index in [1.807, 2.05) is 19.1 Å². The van der Waals surface area contributed by atoms with Crippen LogP contribution in [0.5, 0.6) is 17.2 Å². The first kappa shape index (κ1) is 17.3. The second-order valence-corrected chi connectivity index (χ2v) is 5.04. The summed E-state index contributed by atoms with van der Waals surface area (Å²) in [6, 6.07) is 11.8. The largest absolute Gasteiger partial charge is 0.493 e. The summed E-state index contributed by atoms with van der Waals surface area (Å²) in [6.07, 6.45) is 0. The van der Waals surface area contributed by atoms with Crippen LogP contribution in [-0.4, -0.2) is 32.6 Å². The van der Waals surface area contributed by atoms with E-state index < -0.39 is 11.9 Å². The fraction of sp³-hybridized carbons (Fsp3) is 0.222. The molecule has 0 heterocycles. The highest BCUT2D eigenvalue weighted by atomic mass is 16.5. The number of amides is 1. The van der Waals surface area contributed by atoms with E-state index in [0.29, 0.717) is 22.8 Å². The monoisotopic (exact) mass is 329 g/mol. The third-order valence-corrected chi connectivity index (χ3v) is 3.29. The van der Waals surface area contributed by atoms with Gasteiger partial charge in [0.15, 0.2) is 11.5 Å². The van der Waals surface area contributed by atoms with E-state index in [1.165, 1.54) is 14.2 Å². The van der Waals surface area contributed by atoms with Gasteiger partial charge in [-0.15, -0.1) is 0 Å². The van der Waals surface area contributed by atoms with Gasteiger partial charge in [0, 0.05) is 5.56 Å². The second kappa shape index (κ2) is 8.01. The minimum Gasteiger partial charge on any atom is -0.493 e. The second-order valence-electron chi connectivity index (χ2n) is 5.04. The molecule has 1 N–H and O–H groups in total. The summed E-state index contributed by atoms with van der Waals surface area (Å²) < 4.78 is 15.4. The Hall–Kier alpha value is -3.02. The molecule has 0 fully saturated rings. The van der Waals surface area contributed by atoms with Gasteiger partial charge >= 0.3 is 5.97 Å². The minimum absolute atomic E-state index is 0.235. The highest BCUT2D eigenvalue weighted by molar-refractivity contribution is 5.96. The SMILES string of the molecule is COc1ccc(C(=O)NCC(=O)Oc2ccc(C)cc2)cc1OC. The summed E-state index contributed by atoms with van der Waals surface area (Å²) in [6.45, 7) is 1.70. The zero-order valence-electron chi connectivity index (χ0n) is 13.8. The Morgan fingerprint density at radius 1 is 0.958 bits per heavy atom. The number of methoxy groups -OCH3 is 2. The predicted molar refractivity (Wildman–Crippen MR) is 88.7 cm³/mol. The van der Waals surface area contributed by atoms with Crippen LogP contribution >= 0.6 is 0 Å². The summed E-state index contributed by atoms with van der Waals surface area (Å²) in [5.74, 6) is 0.440. The van der Waals surface area contributed by atoms with Crippen molar-refractivity contribution in [1.82, 2.24) is 5.32 Å². The van der Waals surface area contributed by atoms with Crippen LogP contribution < -0.4 is 19.5 Å². The van der Waals surface area contributed by atoms with Gasteiger partial charge < -0.3 is 19.5 Å². The fourth-order valence-corrected chi connectivity index (χ4v) is 2.01. The average Bonchev–Trinajstić information content (AvgIpc) is 2.61. The van der Waals surface area contributed by atoms with E-state index in [0.717, 1.165) is 5.56 Å². The molecule has 0 spiro atoms. The number of hydrogen-bond donors (Lipinski definition) is 1. The molecule has 0 unspecified atom stereocenters. The predicted octanol–water partition coefficient (Wildman–Crippen LogP) is 2.35. The lowest BCUT2D eigenvalue weighted by Gasteiger charge is -2.10. The first-order chi connectivity index (χ1) is 11.5. The van der Waals surface area contributed by atoms with E-state index in [9.17, 15) is 9.59 Å². The first-order valence-electron chi connectivity index (χ1n) is 7.31. The number of benzene rings is 2. The van der Waals surface area contributed by atoms with Crippen molar-refractivity contribution in [2.75, 3.05) is 20.8 Å². The number of nitrogens with one attached hydrogen (secondary N) is 1. The molecule has 126 valence electrons. The molecule has 0 aliphatic rings. The topological polar surface area (TPSA) is 73.9 Å². The number of carbonyl (C=O) groups is 2. The summed E-state index contributed by atoms with van der Waals surface area (Å²) in [5, 5.41) is 2.51. The van der Waals surface area contributed by atoms with Crippen LogP contribution in [0.1, 0.15) is 15.9 Å². The van der Waals surface area contributed by atoms with Gasteiger partial charge in [0.05, 0.1) is 14.2 Å². The van der Waals surface area contributed by atoms with Gasteiger partial charge in [0.1, 0.15) is 12.3 Å². The number of carbonyl (C=O) groups excluding carboxylic acids is 2. The molecule has 0 saturated heterocycles. The summed E-state index contributed by atoms with van der Waals surface area (Å²) in [5.41, 5.74) is 1.42. The maximum Gasteiger partial charge on any atom is 0.330 e. The molecular weight excluding hydrogens is 310 g/mol. The number of hydrogen-bond acceptors (Lipinski definition) is 5. The third kappa shape index (κ3) is 4.49. The molecule has 24 heavy (non-hydrogen) atoms. The molecule has 0 aliphatic carbocycles. The number of rotatable bonds is 6. The molecule has 0 aromatic heterocycles. The molecule has 2 aromatic rings. The van der Waals surface area contributed by atoms with Gasteiger partial charge in [-0.05, 0) is 37.3 Å². The van der Waals surface area contributed by atoms with Crippen LogP contribution in [0.3, 0.4) is 0 Å². The van der Waals surface area contributed by atoms with Crippen LogP contribution in [0.25, 0.3) is 0 Å². The lowest BCUT2D eigenvalue weighted by Crippen LogP contribution is -2.31. The molecular formula is C18H19NO5. The van der Waals surface area contributed by atoms with Crippen molar-refractivity contribution in [3.8, 4) is 17.2 Å². The van der Waals surface area contributed by atoms with Gasteiger partial charge in [-0.1, -0.05) is 17.7 Å². The molecule has 2 rings (SSSR count). The van der Waals surface area contributed by atoms with Crippen LogP contribution in [0, 0.1) is 6.92 Å². The average molecular weight is 329 g/mol. The van der Waals surface area contributed by atoms with Crippen molar-refractivity contribution in [3.05, 3.63) is 53.6 Å². The Bertz CT molecular complexity index is 725. The molecule has 0 saturated carbocycles. The van der Waals surface area contributed by atoms with Gasteiger partial charge in [0.2, 0.25) is 0 Å². The fourth-order valence-electron chi connectivity index (χ4n) is 2.01. The zero-order chi connectivity index (χ0) is 17.5. The quantitative estimate of drug-likeness (QED) is 0.650. The molecule has 0 aliphatic heterocycles. The van der Waals surface area contributed by atoms with Crippen LogP contribution in [0.4, 0.5) is 0 Å². The highest BCUT2D eigenvalue weighted by Crippen LogP contribution is 2.27. The molecule has 0 bridgehead atoms. The van der Waals surface area contributed by atoms with E-state index in [4.69, 9.17) is 14.2 Å². The molecule has 6 heteroatoms. The van der Waals surface area contributed by atoms with Crippen molar-refractivity contribution in [1.29, 1.82) is 0 Å². The van der Waals surface area contributed by atoms with E-state index >= 15 is 0 Å². The molecule has 6 nitrogen and oxygen atoms in total. The van der Waals surface area contributed by atoms with Gasteiger partial charge in [0.25, 0.3) is 5.91 Å². The van der Waals surface area contributed by atoms with Crippen molar-refractivity contribution >= 4 is 11.9 Å². The Kier molecular flexibility index (Phi) is 5.78. The highest BCUT2D eigenvalue weighted by Gasteiger charge is 2.12. The van der Waals surface area contributed by atoms with Gasteiger partial charge in [-0.25, -0.2) is 4.79 Å². The van der Waals surface area contributed by atoms with Crippen molar-refractivity contribution in [2.45, 2.75) is 6.92 Å². The van der Waals surface area contributed by atoms with Gasteiger partial charge in [-0.3, -0.25) is 4.79 Å². The number of ether oxygens (including phenoxy) is 3. The standard InChI is InChI=1S/C18H19NO5/c1-12-4-7-14(8-5-12)24-17(20)11-19-18(21)13-6-9-15(22-2)16(10-13)23-3/h4-10H,11H2,1-3H3,(H,19,21). The molecule has 1 amide bonds. The first-order valence-corrected chi connectivity index (χ1v) is 7.31. The Morgan fingerprint density at radius 3 is 2.25 bits per heavy atom. The maximum atomic E-state index is 12.1.